The molecule has 0 spiro atoms. The molecule has 0 aliphatic heterocycles. The normalized spacial score (nSPS) is 11.7. The predicted octanol–water partition coefficient (Wildman–Crippen LogP) is 3.28. The van der Waals surface area contributed by atoms with Crippen LogP contribution in [-0.2, 0) is 20.6 Å². The molecular formula is C19H21ClFN3O4S. The maximum absolute atomic E-state index is 13.4. The van der Waals surface area contributed by atoms with Crippen LogP contribution in [0.1, 0.15) is 19.4 Å². The van der Waals surface area contributed by atoms with Crippen molar-refractivity contribution < 1.29 is 22.3 Å². The highest BCUT2D eigenvalue weighted by Gasteiger charge is 2.33. The summed E-state index contributed by atoms with van der Waals surface area (Å²) < 4.78 is 45.9. The largest absolute Gasteiger partial charge is 0.473 e. The molecule has 1 amide bonds. The topological polar surface area (TPSA) is 97.4 Å². The molecule has 156 valence electrons. The molecule has 2 rings (SSSR count). The number of nitrogens with zero attached hydrogens (tertiary/aromatic N) is 1. The lowest BCUT2D eigenvalue weighted by atomic mass is 10.1. The Labute approximate surface area is 174 Å². The summed E-state index contributed by atoms with van der Waals surface area (Å²) in [4.78, 5) is 16.6. The Morgan fingerprint density at radius 1 is 1.34 bits per heavy atom. The van der Waals surface area contributed by atoms with Crippen molar-refractivity contribution in [1.82, 2.24) is 9.71 Å². The molecule has 0 bridgehead atoms. The number of hydrogen-bond donors (Lipinski definition) is 2. The molecule has 1 aromatic carbocycles. The number of carbonyl (C=O) groups excluding carboxylic acids is 1. The van der Waals surface area contributed by atoms with Crippen LogP contribution in [-0.4, -0.2) is 31.5 Å². The Morgan fingerprint density at radius 3 is 2.69 bits per heavy atom. The van der Waals surface area contributed by atoms with Gasteiger partial charge in [-0.15, -0.1) is 0 Å². The Bertz CT molecular complexity index is 995. The maximum atomic E-state index is 13.4. The van der Waals surface area contributed by atoms with Gasteiger partial charge in [-0.2, -0.15) is 4.72 Å². The quantitative estimate of drug-likeness (QED) is 0.582. The second-order valence-electron chi connectivity index (χ2n) is 6.66. The SMILES string of the molecule is C=CCOc1ccc(NC(=O)C(C)(C)NS(=O)(=O)Cc2cc(F)ccc2Cl)cn1. The molecule has 1 heterocycles. The van der Waals surface area contributed by atoms with Crippen LogP contribution in [0.3, 0.4) is 0 Å². The van der Waals surface area contributed by atoms with Crippen molar-refractivity contribution in [1.29, 1.82) is 0 Å². The third kappa shape index (κ3) is 6.81. The number of sulfonamides is 1. The Hall–Kier alpha value is -2.49. The summed E-state index contributed by atoms with van der Waals surface area (Å²) in [6.45, 7) is 6.64. The Morgan fingerprint density at radius 2 is 2.07 bits per heavy atom. The molecule has 1 aromatic heterocycles. The van der Waals surface area contributed by atoms with Crippen molar-refractivity contribution in [3.05, 3.63) is 65.6 Å². The van der Waals surface area contributed by atoms with Crippen LogP contribution >= 0.6 is 11.6 Å². The van der Waals surface area contributed by atoms with E-state index in [2.05, 4.69) is 21.6 Å². The van der Waals surface area contributed by atoms with Crippen LogP contribution in [0.2, 0.25) is 5.02 Å². The van der Waals surface area contributed by atoms with E-state index < -0.39 is 33.0 Å². The summed E-state index contributed by atoms with van der Waals surface area (Å²) in [5.74, 6) is -1.43. The number of pyridine rings is 1. The second-order valence-corrected chi connectivity index (χ2v) is 8.79. The summed E-state index contributed by atoms with van der Waals surface area (Å²) in [5, 5.41) is 2.70. The van der Waals surface area contributed by atoms with Gasteiger partial charge in [0.05, 0.1) is 17.6 Å². The fourth-order valence-corrected chi connectivity index (χ4v) is 4.16. The Kier molecular flexibility index (Phi) is 7.34. The monoisotopic (exact) mass is 441 g/mol. The predicted molar refractivity (Wildman–Crippen MR) is 110 cm³/mol. The zero-order chi connectivity index (χ0) is 21.7. The fraction of sp³-hybridized carbons (Fsp3) is 0.263. The number of anilines is 1. The van der Waals surface area contributed by atoms with Crippen molar-refractivity contribution >= 4 is 33.2 Å². The number of benzene rings is 1. The van der Waals surface area contributed by atoms with Crippen LogP contribution in [0, 0.1) is 5.82 Å². The molecule has 0 atom stereocenters. The molecule has 2 aromatic rings. The zero-order valence-electron chi connectivity index (χ0n) is 15.9. The Balaban J connectivity index is 2.05. The summed E-state index contributed by atoms with van der Waals surface area (Å²) in [6.07, 6.45) is 2.95. The fourth-order valence-electron chi connectivity index (χ4n) is 2.30. The van der Waals surface area contributed by atoms with Gasteiger partial charge in [0.15, 0.2) is 0 Å². The summed E-state index contributed by atoms with van der Waals surface area (Å²) in [7, 11) is -3.99. The number of aromatic nitrogens is 1. The van der Waals surface area contributed by atoms with Crippen LogP contribution in [0.5, 0.6) is 5.88 Å². The van der Waals surface area contributed by atoms with Crippen LogP contribution in [0.4, 0.5) is 10.1 Å². The molecule has 7 nitrogen and oxygen atoms in total. The molecule has 0 fully saturated rings. The third-order valence-corrected chi connectivity index (χ3v) is 5.56. The average molecular weight is 442 g/mol. The van der Waals surface area contributed by atoms with Gasteiger partial charge < -0.3 is 10.1 Å². The molecular weight excluding hydrogens is 421 g/mol. The molecule has 2 N–H and O–H groups in total. The van der Waals surface area contributed by atoms with Gasteiger partial charge >= 0.3 is 0 Å². The van der Waals surface area contributed by atoms with Crippen LogP contribution in [0.15, 0.2) is 49.2 Å². The van der Waals surface area contributed by atoms with Gasteiger partial charge in [-0.05, 0) is 43.7 Å². The van der Waals surface area contributed by atoms with E-state index in [1.165, 1.54) is 26.1 Å². The minimum atomic E-state index is -3.99. The van der Waals surface area contributed by atoms with E-state index in [0.29, 0.717) is 18.2 Å². The number of amides is 1. The highest BCUT2D eigenvalue weighted by molar-refractivity contribution is 7.88. The third-order valence-electron chi connectivity index (χ3n) is 3.67. The molecule has 10 heteroatoms. The lowest BCUT2D eigenvalue weighted by Crippen LogP contribution is -2.52. The van der Waals surface area contributed by atoms with Gasteiger partial charge in [-0.1, -0.05) is 24.3 Å². The smallest absolute Gasteiger partial charge is 0.245 e. The van der Waals surface area contributed by atoms with Crippen molar-refractivity contribution in [3.8, 4) is 5.88 Å². The number of hydrogen-bond acceptors (Lipinski definition) is 5. The van der Waals surface area contributed by atoms with Crippen molar-refractivity contribution in [3.63, 3.8) is 0 Å². The number of rotatable bonds is 9. The van der Waals surface area contributed by atoms with E-state index in [9.17, 15) is 17.6 Å². The summed E-state index contributed by atoms with van der Waals surface area (Å²) >= 11 is 5.93. The number of halogens is 2. The standard InChI is InChI=1S/C19H21ClFN3O4S/c1-4-9-28-17-8-6-15(11-22-17)23-18(25)19(2,3)24-29(26,27)12-13-10-14(21)5-7-16(13)20/h4-8,10-11,24H,1,9,12H2,2-3H3,(H,23,25). The summed E-state index contributed by atoms with van der Waals surface area (Å²) in [6, 6.07) is 6.57. The van der Waals surface area contributed by atoms with Crippen molar-refractivity contribution in [2.45, 2.75) is 25.1 Å². The molecule has 0 radical (unpaired) electrons. The lowest BCUT2D eigenvalue weighted by Gasteiger charge is -2.25. The zero-order valence-corrected chi connectivity index (χ0v) is 17.5. The van der Waals surface area contributed by atoms with E-state index in [0.717, 1.165) is 12.1 Å². The van der Waals surface area contributed by atoms with E-state index in [-0.39, 0.29) is 10.6 Å². The van der Waals surface area contributed by atoms with Gasteiger partial charge in [0.1, 0.15) is 18.0 Å². The molecule has 0 aliphatic carbocycles. The minimum Gasteiger partial charge on any atom is -0.473 e. The number of carbonyl (C=O) groups is 1. The first kappa shape index (κ1) is 22.8. The molecule has 0 aliphatic rings. The molecule has 0 saturated heterocycles. The van der Waals surface area contributed by atoms with E-state index >= 15 is 0 Å². The number of ether oxygens (including phenoxy) is 1. The maximum Gasteiger partial charge on any atom is 0.245 e. The van der Waals surface area contributed by atoms with Gasteiger partial charge in [-0.25, -0.2) is 17.8 Å². The van der Waals surface area contributed by atoms with Crippen molar-refractivity contribution in [2.75, 3.05) is 11.9 Å². The van der Waals surface area contributed by atoms with Crippen LogP contribution < -0.4 is 14.8 Å². The highest BCUT2D eigenvalue weighted by atomic mass is 35.5. The second kappa shape index (κ2) is 9.34. The van der Waals surface area contributed by atoms with E-state index in [1.54, 1.807) is 18.2 Å². The lowest BCUT2D eigenvalue weighted by molar-refractivity contribution is -0.120. The first-order chi connectivity index (χ1) is 13.5. The molecule has 0 unspecified atom stereocenters. The average Bonchev–Trinajstić information content (AvgIpc) is 2.63. The van der Waals surface area contributed by atoms with Gasteiger partial charge in [0, 0.05) is 11.1 Å². The van der Waals surface area contributed by atoms with Gasteiger partial charge in [0.2, 0.25) is 21.8 Å². The van der Waals surface area contributed by atoms with E-state index in [1.807, 2.05) is 0 Å². The number of nitrogens with one attached hydrogen (secondary N) is 2. The first-order valence-corrected chi connectivity index (χ1v) is 10.5. The van der Waals surface area contributed by atoms with Gasteiger partial charge in [0.25, 0.3) is 0 Å². The van der Waals surface area contributed by atoms with Gasteiger partial charge in [-0.3, -0.25) is 4.79 Å². The summed E-state index contributed by atoms with van der Waals surface area (Å²) in [5.41, 5.74) is -1.03. The van der Waals surface area contributed by atoms with Crippen molar-refractivity contribution in [2.24, 2.45) is 0 Å². The minimum absolute atomic E-state index is 0.0923. The highest BCUT2D eigenvalue weighted by Crippen LogP contribution is 2.21. The molecule has 29 heavy (non-hydrogen) atoms. The van der Waals surface area contributed by atoms with E-state index in [4.69, 9.17) is 16.3 Å². The van der Waals surface area contributed by atoms with Crippen LogP contribution in [0.25, 0.3) is 0 Å². The molecule has 0 saturated carbocycles. The first-order valence-electron chi connectivity index (χ1n) is 8.49.